The van der Waals surface area contributed by atoms with Gasteiger partial charge in [0.05, 0.1) is 5.41 Å². The van der Waals surface area contributed by atoms with Gasteiger partial charge in [-0.25, -0.2) is 0 Å². The summed E-state index contributed by atoms with van der Waals surface area (Å²) in [6, 6.07) is 68.9. The minimum atomic E-state index is -0.489. The van der Waals surface area contributed by atoms with Gasteiger partial charge in [0, 0.05) is 16.0 Å². The van der Waals surface area contributed by atoms with Gasteiger partial charge in [0.15, 0.2) is 0 Å². The zero-order valence-corrected chi connectivity index (χ0v) is 43.0. The quantitative estimate of drug-likeness (QED) is 0.172. The SMILES string of the molecule is CC(C)(C)c1cc(-n2[c](=[Pt])n(-c3cccc(Oc4ccc5c6cc7c(cc6n(-c6ccccn6)c5c4)C4(c5ccccc5Sc5ccccc54)c4ccccc4-7)c3)c3ccccc32)cc(C(C)(C)C)c1. The maximum atomic E-state index is 6.92. The number of hydrogen-bond donors (Lipinski definition) is 0. The van der Waals surface area contributed by atoms with Crippen LogP contribution in [0.5, 0.6) is 11.5 Å². The van der Waals surface area contributed by atoms with Crippen LogP contribution in [-0.4, -0.2) is 18.7 Å². The molecule has 0 atom stereocenters. The van der Waals surface area contributed by atoms with Gasteiger partial charge in [-0.15, -0.1) is 0 Å². The van der Waals surface area contributed by atoms with Crippen LogP contribution >= 0.6 is 11.8 Å². The summed E-state index contributed by atoms with van der Waals surface area (Å²) in [7, 11) is 0. The molecule has 5 nitrogen and oxygen atoms in total. The molecule has 0 saturated heterocycles. The molecule has 3 aromatic heterocycles. The maximum absolute atomic E-state index is 6.92. The molecule has 0 fully saturated rings. The molecule has 2 aliphatic rings. The normalized spacial score (nSPS) is 13.7. The fourth-order valence-corrected chi connectivity index (χ4v) is 13.5. The number of aromatic nitrogens is 4. The Hall–Kier alpha value is -6.98. The van der Waals surface area contributed by atoms with Crippen LogP contribution in [0.3, 0.4) is 0 Å². The van der Waals surface area contributed by atoms with Gasteiger partial charge in [-0.1, -0.05) is 78.5 Å². The van der Waals surface area contributed by atoms with Crippen molar-refractivity contribution >= 4 is 44.6 Å². The van der Waals surface area contributed by atoms with E-state index < -0.39 is 5.41 Å². The molecule has 1 aliphatic heterocycles. The molecule has 0 unspecified atom stereocenters. The van der Waals surface area contributed by atoms with E-state index in [2.05, 4.69) is 257 Å². The number of pyridine rings is 1. The van der Waals surface area contributed by atoms with Gasteiger partial charge >= 0.3 is 275 Å². The molecule has 1 spiro atoms. The van der Waals surface area contributed by atoms with Crippen molar-refractivity contribution in [3.8, 4) is 39.8 Å². The molecule has 0 saturated carbocycles. The Morgan fingerprint density at radius 1 is 0.457 bits per heavy atom. The Kier molecular flexibility index (Phi) is 9.70. The summed E-state index contributed by atoms with van der Waals surface area (Å²) >= 11 is 4.38. The molecule has 344 valence electrons. The molecule has 8 aromatic carbocycles. The van der Waals surface area contributed by atoms with Gasteiger partial charge in [0.2, 0.25) is 0 Å². The second kappa shape index (κ2) is 15.8. The standard InChI is InChI=1S/C63H50N4OS.Pt/c1-61(2,3)40-32-41(62(4,5)6)34-43(33-40)66-39-65(54-24-11-12-25-55(54)66)42-18-17-19-44(35-42)68-45-29-30-47-49-37-48-46-20-7-8-21-50(46)63(51-22-9-13-26-58(51)69-59-27-14-10-23-52(59)63)53(48)38-57(49)67(56(47)36-45)60-28-15-16-31-64-60;/h7-38H,1-6H3;. The first-order chi connectivity index (χ1) is 33.9. The third-order valence-corrected chi connectivity index (χ3v) is 16.7. The first-order valence-corrected chi connectivity index (χ1v) is 26.0. The molecular weight excluding hydrogens is 1060 g/mol. The Balaban J connectivity index is 0.964. The van der Waals surface area contributed by atoms with Crippen LogP contribution < -0.4 is 4.74 Å². The Bertz CT molecular complexity index is 3940. The Morgan fingerprint density at radius 2 is 1.06 bits per heavy atom. The molecule has 0 radical (unpaired) electrons. The zero-order chi connectivity index (χ0) is 47.7. The van der Waals surface area contributed by atoms with Gasteiger partial charge in [-0.3, -0.25) is 0 Å². The van der Waals surface area contributed by atoms with E-state index in [0.29, 0.717) is 0 Å². The van der Waals surface area contributed by atoms with Crippen LogP contribution in [0.2, 0.25) is 0 Å². The zero-order valence-electron chi connectivity index (χ0n) is 39.9. The van der Waals surface area contributed by atoms with Crippen molar-refractivity contribution in [3.63, 3.8) is 0 Å². The minimum absolute atomic E-state index is 0.00948. The summed E-state index contributed by atoms with van der Waals surface area (Å²) in [5.74, 6) is 2.37. The van der Waals surface area contributed by atoms with E-state index in [0.717, 1.165) is 54.3 Å². The van der Waals surface area contributed by atoms with Crippen LogP contribution in [0.25, 0.3) is 61.2 Å². The van der Waals surface area contributed by atoms with Crippen molar-refractivity contribution in [1.29, 1.82) is 0 Å². The molecule has 11 aromatic rings. The van der Waals surface area contributed by atoms with Crippen LogP contribution in [-0.2, 0) is 35.6 Å². The van der Waals surface area contributed by atoms with E-state index in [1.807, 2.05) is 24.0 Å². The van der Waals surface area contributed by atoms with Gasteiger partial charge in [0.1, 0.15) is 0 Å². The molecule has 7 heteroatoms. The van der Waals surface area contributed by atoms with E-state index in [1.54, 1.807) is 0 Å². The molecule has 0 N–H and O–H groups in total. The molecular formula is C63H50N4OPtS. The molecule has 13 rings (SSSR count). The number of imidazole rings is 1. The van der Waals surface area contributed by atoms with Gasteiger partial charge in [-0.2, -0.15) is 0 Å². The molecule has 1 aliphatic carbocycles. The van der Waals surface area contributed by atoms with E-state index in [-0.39, 0.29) is 10.8 Å². The summed E-state index contributed by atoms with van der Waals surface area (Å²) in [4.78, 5) is 7.58. The predicted octanol–water partition coefficient (Wildman–Crippen LogP) is 16.2. The number of ether oxygens (including phenoxy) is 1. The number of nitrogens with zero attached hydrogens (tertiary/aromatic N) is 4. The topological polar surface area (TPSA) is 36.9 Å². The summed E-state index contributed by atoms with van der Waals surface area (Å²) in [5, 5.41) is 2.32. The van der Waals surface area contributed by atoms with Gasteiger partial charge in [-0.05, 0) is 51.6 Å². The van der Waals surface area contributed by atoms with E-state index >= 15 is 0 Å². The first kappa shape index (κ1) is 43.1. The van der Waals surface area contributed by atoms with Crippen LogP contribution in [0.4, 0.5) is 0 Å². The summed E-state index contributed by atoms with van der Waals surface area (Å²) in [5.41, 5.74) is 16.5. The third kappa shape index (κ3) is 6.49. The van der Waals surface area contributed by atoms with Crippen molar-refractivity contribution in [3.05, 3.63) is 231 Å². The number of rotatable bonds is 5. The number of fused-ring (bicyclic) bond motifs is 13. The van der Waals surface area contributed by atoms with Crippen LogP contribution in [0.15, 0.2) is 204 Å². The summed E-state index contributed by atoms with van der Waals surface area (Å²) < 4.78 is 15.1. The molecule has 0 bridgehead atoms. The Labute approximate surface area is 423 Å². The second-order valence-electron chi connectivity index (χ2n) is 20.8. The van der Waals surface area contributed by atoms with Crippen molar-refractivity contribution in [2.24, 2.45) is 0 Å². The molecule has 0 amide bonds. The summed E-state index contributed by atoms with van der Waals surface area (Å²) in [6.07, 6.45) is 1.88. The van der Waals surface area contributed by atoms with E-state index in [9.17, 15) is 0 Å². The summed E-state index contributed by atoms with van der Waals surface area (Å²) in [6.45, 7) is 13.8. The van der Waals surface area contributed by atoms with Crippen molar-refractivity contribution in [2.45, 2.75) is 67.6 Å². The molecule has 4 heterocycles. The fourth-order valence-electron chi connectivity index (χ4n) is 11.2. The van der Waals surface area contributed by atoms with Gasteiger partial charge in [0.25, 0.3) is 0 Å². The van der Waals surface area contributed by atoms with Crippen molar-refractivity contribution in [1.82, 2.24) is 18.7 Å². The average molecular weight is 1110 g/mol. The number of benzene rings is 8. The second-order valence-corrected chi connectivity index (χ2v) is 22.9. The fraction of sp³-hybridized carbons (Fsp3) is 0.143. The van der Waals surface area contributed by atoms with Gasteiger partial charge < -0.3 is 0 Å². The number of hydrogen-bond acceptors (Lipinski definition) is 3. The van der Waals surface area contributed by atoms with Crippen LogP contribution in [0, 0.1) is 3.80 Å². The van der Waals surface area contributed by atoms with E-state index in [4.69, 9.17) is 9.72 Å². The average Bonchev–Trinajstić information content (AvgIpc) is 3.95. The predicted molar refractivity (Wildman–Crippen MR) is 283 cm³/mol. The third-order valence-electron chi connectivity index (χ3n) is 14.5. The van der Waals surface area contributed by atoms with Crippen LogP contribution in [0.1, 0.15) is 74.9 Å². The molecule has 70 heavy (non-hydrogen) atoms. The Morgan fingerprint density at radius 3 is 1.73 bits per heavy atom. The number of para-hydroxylation sites is 2. The van der Waals surface area contributed by atoms with Crippen molar-refractivity contribution in [2.75, 3.05) is 0 Å². The van der Waals surface area contributed by atoms with Crippen molar-refractivity contribution < 1.29 is 24.1 Å². The van der Waals surface area contributed by atoms with E-state index in [1.165, 1.54) is 65.4 Å². The first-order valence-electron chi connectivity index (χ1n) is 24.0. The monoisotopic (exact) mass is 1110 g/mol.